The standard InChI is InChI=1S/C21H24BrN3O4S/c1-16(26)17-5-7-19(8-6-17)24-11-13-25(14-12-24)21(27)9-10-23-30(28,29)20-4-2-3-18(22)15-20/h2-8,15,23H,9-14H2,1H3. The minimum atomic E-state index is -3.65. The molecule has 9 heteroatoms. The largest absolute Gasteiger partial charge is 0.368 e. The predicted molar refractivity (Wildman–Crippen MR) is 119 cm³/mol. The van der Waals surface area contributed by atoms with Gasteiger partial charge in [0.05, 0.1) is 4.90 Å². The van der Waals surface area contributed by atoms with Crippen LogP contribution in [0.1, 0.15) is 23.7 Å². The van der Waals surface area contributed by atoms with Crippen LogP contribution in [0, 0.1) is 0 Å². The number of benzene rings is 2. The number of carbonyl (C=O) groups excluding carboxylic acids is 2. The molecule has 0 aliphatic carbocycles. The van der Waals surface area contributed by atoms with Crippen LogP contribution in [0.15, 0.2) is 57.9 Å². The maximum atomic E-state index is 12.5. The second-order valence-electron chi connectivity index (χ2n) is 7.08. The summed E-state index contributed by atoms with van der Waals surface area (Å²) in [4.78, 5) is 27.9. The number of amides is 1. The molecule has 1 saturated heterocycles. The van der Waals surface area contributed by atoms with E-state index in [1.54, 1.807) is 17.0 Å². The van der Waals surface area contributed by atoms with E-state index in [9.17, 15) is 18.0 Å². The van der Waals surface area contributed by atoms with Gasteiger partial charge in [-0.25, -0.2) is 13.1 Å². The predicted octanol–water partition coefficient (Wildman–Crippen LogP) is 2.67. The first-order valence-electron chi connectivity index (χ1n) is 9.65. The highest BCUT2D eigenvalue weighted by Gasteiger charge is 2.22. The summed E-state index contributed by atoms with van der Waals surface area (Å²) in [6.45, 7) is 4.12. The maximum absolute atomic E-state index is 12.5. The quantitative estimate of drug-likeness (QED) is 0.599. The van der Waals surface area contributed by atoms with Gasteiger partial charge in [-0.15, -0.1) is 0 Å². The van der Waals surface area contributed by atoms with Gasteiger partial charge in [0, 0.05) is 54.9 Å². The summed E-state index contributed by atoms with van der Waals surface area (Å²) in [5.74, 6) is -0.0361. The number of ketones is 1. The van der Waals surface area contributed by atoms with Crippen LogP contribution in [0.4, 0.5) is 5.69 Å². The third-order valence-electron chi connectivity index (χ3n) is 5.01. The SMILES string of the molecule is CC(=O)c1ccc(N2CCN(C(=O)CCNS(=O)(=O)c3cccc(Br)c3)CC2)cc1. The van der Waals surface area contributed by atoms with Crippen LogP contribution in [0.5, 0.6) is 0 Å². The second kappa shape index (κ2) is 9.72. The number of hydrogen-bond donors (Lipinski definition) is 1. The minimum Gasteiger partial charge on any atom is -0.368 e. The van der Waals surface area contributed by atoms with E-state index >= 15 is 0 Å². The van der Waals surface area contributed by atoms with Crippen molar-refractivity contribution in [2.45, 2.75) is 18.2 Å². The Balaban J connectivity index is 1.47. The summed E-state index contributed by atoms with van der Waals surface area (Å²) in [5.41, 5.74) is 1.70. The molecule has 0 atom stereocenters. The van der Waals surface area contributed by atoms with Gasteiger partial charge in [-0.3, -0.25) is 9.59 Å². The third kappa shape index (κ3) is 5.68. The van der Waals surface area contributed by atoms with Gasteiger partial charge in [0.1, 0.15) is 0 Å². The first kappa shape index (κ1) is 22.5. The molecule has 2 aromatic rings. The third-order valence-corrected chi connectivity index (χ3v) is 6.96. The molecule has 0 saturated carbocycles. The molecule has 1 heterocycles. The number of anilines is 1. The van der Waals surface area contributed by atoms with Crippen molar-refractivity contribution in [2.24, 2.45) is 0 Å². The summed E-state index contributed by atoms with van der Waals surface area (Å²) in [5, 5.41) is 0. The van der Waals surface area contributed by atoms with Crippen LogP contribution < -0.4 is 9.62 Å². The lowest BCUT2D eigenvalue weighted by Gasteiger charge is -2.36. The van der Waals surface area contributed by atoms with Crippen molar-refractivity contribution in [3.8, 4) is 0 Å². The van der Waals surface area contributed by atoms with Gasteiger partial charge in [-0.2, -0.15) is 0 Å². The summed E-state index contributed by atoms with van der Waals surface area (Å²) >= 11 is 3.26. The molecule has 0 radical (unpaired) electrons. The molecule has 0 spiro atoms. The molecule has 1 amide bonds. The molecule has 1 aliphatic heterocycles. The van der Waals surface area contributed by atoms with Crippen molar-refractivity contribution in [3.63, 3.8) is 0 Å². The van der Waals surface area contributed by atoms with Gasteiger partial charge in [-0.1, -0.05) is 22.0 Å². The van der Waals surface area contributed by atoms with Gasteiger partial charge in [0.2, 0.25) is 15.9 Å². The first-order valence-corrected chi connectivity index (χ1v) is 11.9. The van der Waals surface area contributed by atoms with Crippen LogP contribution in [0.3, 0.4) is 0 Å². The highest BCUT2D eigenvalue weighted by atomic mass is 79.9. The van der Waals surface area contributed by atoms with Crippen LogP contribution in [-0.4, -0.2) is 57.7 Å². The summed E-state index contributed by atoms with van der Waals surface area (Å²) in [6, 6.07) is 13.9. The van der Waals surface area contributed by atoms with E-state index < -0.39 is 10.0 Å². The molecule has 160 valence electrons. The van der Waals surface area contributed by atoms with Crippen molar-refractivity contribution in [1.82, 2.24) is 9.62 Å². The molecule has 7 nitrogen and oxygen atoms in total. The van der Waals surface area contributed by atoms with Gasteiger partial charge in [0.15, 0.2) is 5.78 Å². The monoisotopic (exact) mass is 493 g/mol. The number of nitrogens with zero attached hydrogens (tertiary/aromatic N) is 2. The molecule has 30 heavy (non-hydrogen) atoms. The fourth-order valence-corrected chi connectivity index (χ4v) is 4.92. The molecular formula is C21H24BrN3O4S. The first-order chi connectivity index (χ1) is 14.3. The molecule has 1 aliphatic rings. The number of halogens is 1. The highest BCUT2D eigenvalue weighted by Crippen LogP contribution is 2.18. The van der Waals surface area contributed by atoms with E-state index in [2.05, 4.69) is 25.6 Å². The number of nitrogens with one attached hydrogen (secondary N) is 1. The molecule has 1 fully saturated rings. The van der Waals surface area contributed by atoms with Crippen LogP contribution >= 0.6 is 15.9 Å². The zero-order chi connectivity index (χ0) is 21.7. The Morgan fingerprint density at radius 1 is 1.03 bits per heavy atom. The smallest absolute Gasteiger partial charge is 0.240 e. The molecule has 2 aromatic carbocycles. The Bertz CT molecular complexity index is 1020. The van der Waals surface area contributed by atoms with E-state index in [0.29, 0.717) is 36.2 Å². The number of hydrogen-bond acceptors (Lipinski definition) is 5. The second-order valence-corrected chi connectivity index (χ2v) is 9.76. The minimum absolute atomic E-state index is 0.0347. The lowest BCUT2D eigenvalue weighted by atomic mass is 10.1. The van der Waals surface area contributed by atoms with Gasteiger partial charge in [-0.05, 0) is 49.4 Å². The fourth-order valence-electron chi connectivity index (χ4n) is 3.29. The summed E-state index contributed by atoms with van der Waals surface area (Å²) in [6.07, 6.45) is 0.112. The lowest BCUT2D eigenvalue weighted by Crippen LogP contribution is -2.49. The number of piperazine rings is 1. The van der Waals surface area contributed by atoms with E-state index in [-0.39, 0.29) is 29.6 Å². The molecule has 0 bridgehead atoms. The van der Waals surface area contributed by atoms with Gasteiger partial charge >= 0.3 is 0 Å². The van der Waals surface area contributed by atoms with Crippen LogP contribution in [0.2, 0.25) is 0 Å². The van der Waals surface area contributed by atoms with Crippen molar-refractivity contribution in [2.75, 3.05) is 37.6 Å². The van der Waals surface area contributed by atoms with Crippen molar-refractivity contribution >= 4 is 43.3 Å². The van der Waals surface area contributed by atoms with E-state index in [4.69, 9.17) is 0 Å². The summed E-state index contributed by atoms with van der Waals surface area (Å²) in [7, 11) is -3.65. The topological polar surface area (TPSA) is 86.8 Å². The lowest BCUT2D eigenvalue weighted by molar-refractivity contribution is -0.131. The average molecular weight is 494 g/mol. The Morgan fingerprint density at radius 3 is 2.30 bits per heavy atom. The van der Waals surface area contributed by atoms with E-state index in [1.165, 1.54) is 19.1 Å². The number of carbonyl (C=O) groups is 2. The maximum Gasteiger partial charge on any atom is 0.240 e. The number of Topliss-reactive ketones (excluding diaryl/α,β-unsaturated/α-hetero) is 1. The molecule has 0 unspecified atom stereocenters. The Kier molecular flexibility index (Phi) is 7.27. The zero-order valence-electron chi connectivity index (χ0n) is 16.7. The van der Waals surface area contributed by atoms with E-state index in [1.807, 2.05) is 24.3 Å². The highest BCUT2D eigenvalue weighted by molar-refractivity contribution is 9.10. The zero-order valence-corrected chi connectivity index (χ0v) is 19.1. The van der Waals surface area contributed by atoms with Gasteiger partial charge in [0.25, 0.3) is 0 Å². The molecule has 1 N–H and O–H groups in total. The normalized spacial score (nSPS) is 14.6. The molecule has 3 rings (SSSR count). The Morgan fingerprint density at radius 2 is 1.70 bits per heavy atom. The Hall–Kier alpha value is -2.23. The van der Waals surface area contributed by atoms with Gasteiger partial charge < -0.3 is 9.80 Å². The molecule has 0 aromatic heterocycles. The van der Waals surface area contributed by atoms with Crippen molar-refractivity contribution in [1.29, 1.82) is 0 Å². The van der Waals surface area contributed by atoms with E-state index in [0.717, 1.165) is 5.69 Å². The Labute approximate surface area is 185 Å². The number of sulfonamides is 1. The van der Waals surface area contributed by atoms with Crippen LogP contribution in [0.25, 0.3) is 0 Å². The summed E-state index contributed by atoms with van der Waals surface area (Å²) < 4.78 is 27.8. The number of rotatable bonds is 7. The van der Waals surface area contributed by atoms with Crippen molar-refractivity contribution in [3.05, 3.63) is 58.6 Å². The average Bonchev–Trinajstić information content (AvgIpc) is 2.74. The molecular weight excluding hydrogens is 470 g/mol. The van der Waals surface area contributed by atoms with Crippen LogP contribution in [-0.2, 0) is 14.8 Å². The fraction of sp³-hybridized carbons (Fsp3) is 0.333. The van der Waals surface area contributed by atoms with Crippen molar-refractivity contribution < 1.29 is 18.0 Å².